The van der Waals surface area contributed by atoms with Crippen molar-refractivity contribution in [3.8, 4) is 0 Å². The minimum Gasteiger partial charge on any atom is -0.358 e. The second-order valence-corrected chi connectivity index (χ2v) is 4.58. The van der Waals surface area contributed by atoms with Crippen LogP contribution in [0.5, 0.6) is 0 Å². The van der Waals surface area contributed by atoms with E-state index in [0.717, 1.165) is 5.82 Å². The van der Waals surface area contributed by atoms with Gasteiger partial charge in [0.15, 0.2) is 10.9 Å². The maximum Gasteiger partial charge on any atom is 0.172 e. The molecule has 1 aromatic carbocycles. The first-order chi connectivity index (χ1) is 8.63. The zero-order valence-electron chi connectivity index (χ0n) is 10.5. The first kappa shape index (κ1) is 12.6. The topological polar surface area (TPSA) is 41.9 Å². The van der Waals surface area contributed by atoms with Gasteiger partial charge < -0.3 is 10.6 Å². The molecule has 2 aromatic rings. The van der Waals surface area contributed by atoms with Crippen LogP contribution in [-0.4, -0.2) is 14.9 Å². The zero-order chi connectivity index (χ0) is 13.0. The maximum absolute atomic E-state index is 5.20. The van der Waals surface area contributed by atoms with E-state index in [1.165, 1.54) is 11.1 Å². The second kappa shape index (κ2) is 5.64. The summed E-state index contributed by atoms with van der Waals surface area (Å²) in [6, 6.07) is 10.2. The molecule has 0 bridgehead atoms. The van der Waals surface area contributed by atoms with Gasteiger partial charge in [-0.05, 0) is 24.7 Å². The van der Waals surface area contributed by atoms with E-state index < -0.39 is 0 Å². The van der Waals surface area contributed by atoms with Crippen LogP contribution in [0.3, 0.4) is 0 Å². The predicted octanol–water partition coefficient (Wildman–Crippen LogP) is 2.22. The van der Waals surface area contributed by atoms with Crippen molar-refractivity contribution < 1.29 is 0 Å². The third kappa shape index (κ3) is 3.56. The molecule has 0 aliphatic rings. The van der Waals surface area contributed by atoms with Crippen LogP contribution < -0.4 is 10.6 Å². The third-order valence-electron chi connectivity index (χ3n) is 2.53. The van der Waals surface area contributed by atoms with Gasteiger partial charge >= 0.3 is 0 Å². The zero-order valence-corrected chi connectivity index (χ0v) is 11.3. The predicted molar refractivity (Wildman–Crippen MR) is 77.4 cm³/mol. The van der Waals surface area contributed by atoms with Gasteiger partial charge in [-0.2, -0.15) is 5.10 Å². The lowest BCUT2D eigenvalue weighted by Crippen LogP contribution is -2.28. The largest absolute Gasteiger partial charge is 0.358 e. The van der Waals surface area contributed by atoms with E-state index in [9.17, 15) is 0 Å². The number of benzene rings is 1. The molecule has 0 fully saturated rings. The van der Waals surface area contributed by atoms with Crippen LogP contribution in [0.15, 0.2) is 36.5 Å². The SMILES string of the molecule is Cc1ccc(CNC(=S)Nc2ccn(C)n2)cc1. The van der Waals surface area contributed by atoms with Crippen LogP contribution in [-0.2, 0) is 13.6 Å². The first-order valence-electron chi connectivity index (χ1n) is 5.73. The Labute approximate surface area is 112 Å². The number of thiocarbonyl (C=S) groups is 1. The van der Waals surface area contributed by atoms with Gasteiger partial charge in [-0.3, -0.25) is 4.68 Å². The molecular weight excluding hydrogens is 244 g/mol. The summed E-state index contributed by atoms with van der Waals surface area (Å²) in [7, 11) is 1.87. The molecule has 0 saturated heterocycles. The van der Waals surface area contributed by atoms with Crippen LogP contribution >= 0.6 is 12.2 Å². The fourth-order valence-electron chi connectivity index (χ4n) is 1.53. The van der Waals surface area contributed by atoms with E-state index in [2.05, 4.69) is 46.9 Å². The summed E-state index contributed by atoms with van der Waals surface area (Å²) in [6.07, 6.45) is 1.87. The lowest BCUT2D eigenvalue weighted by Gasteiger charge is -2.08. The van der Waals surface area contributed by atoms with Crippen LogP contribution in [0.1, 0.15) is 11.1 Å². The minimum atomic E-state index is 0.578. The Hall–Kier alpha value is -1.88. The molecule has 0 amide bonds. The smallest absolute Gasteiger partial charge is 0.172 e. The summed E-state index contributed by atoms with van der Waals surface area (Å²) < 4.78 is 1.73. The van der Waals surface area contributed by atoms with Gasteiger partial charge in [0, 0.05) is 25.9 Å². The standard InChI is InChI=1S/C13H16N4S/c1-10-3-5-11(6-4-10)9-14-13(18)15-12-7-8-17(2)16-12/h3-8H,9H2,1-2H3,(H2,14,15,16,18). The maximum atomic E-state index is 5.20. The van der Waals surface area contributed by atoms with Gasteiger partial charge in [-0.15, -0.1) is 0 Å². The van der Waals surface area contributed by atoms with E-state index >= 15 is 0 Å². The van der Waals surface area contributed by atoms with E-state index in [1.54, 1.807) is 4.68 Å². The number of aryl methyl sites for hydroxylation is 2. The molecule has 4 nitrogen and oxygen atoms in total. The number of nitrogens with one attached hydrogen (secondary N) is 2. The molecule has 2 N–H and O–H groups in total. The minimum absolute atomic E-state index is 0.578. The number of rotatable bonds is 3. The molecule has 0 atom stereocenters. The van der Waals surface area contributed by atoms with Crippen molar-refractivity contribution >= 4 is 23.1 Å². The monoisotopic (exact) mass is 260 g/mol. The molecule has 0 aliphatic carbocycles. The van der Waals surface area contributed by atoms with Crippen molar-refractivity contribution in [2.75, 3.05) is 5.32 Å². The highest BCUT2D eigenvalue weighted by Gasteiger charge is 2.00. The normalized spacial score (nSPS) is 10.1. The van der Waals surface area contributed by atoms with Crippen molar-refractivity contribution in [3.05, 3.63) is 47.7 Å². The van der Waals surface area contributed by atoms with Crippen molar-refractivity contribution in [2.45, 2.75) is 13.5 Å². The molecule has 1 heterocycles. The molecule has 0 unspecified atom stereocenters. The number of anilines is 1. The first-order valence-corrected chi connectivity index (χ1v) is 6.14. The fraction of sp³-hybridized carbons (Fsp3) is 0.231. The highest BCUT2D eigenvalue weighted by Crippen LogP contribution is 2.03. The number of hydrogen-bond acceptors (Lipinski definition) is 2. The Kier molecular flexibility index (Phi) is 3.94. The highest BCUT2D eigenvalue weighted by molar-refractivity contribution is 7.80. The van der Waals surface area contributed by atoms with E-state index in [0.29, 0.717) is 11.7 Å². The molecule has 0 spiro atoms. The van der Waals surface area contributed by atoms with Gasteiger partial charge in [0.25, 0.3) is 0 Å². The van der Waals surface area contributed by atoms with Crippen LogP contribution in [0.4, 0.5) is 5.82 Å². The Morgan fingerprint density at radius 2 is 2.00 bits per heavy atom. The van der Waals surface area contributed by atoms with Gasteiger partial charge in [0.2, 0.25) is 0 Å². The summed E-state index contributed by atoms with van der Waals surface area (Å²) in [4.78, 5) is 0. The molecule has 2 rings (SSSR count). The van der Waals surface area contributed by atoms with Gasteiger partial charge in [0.1, 0.15) is 0 Å². The third-order valence-corrected chi connectivity index (χ3v) is 2.78. The van der Waals surface area contributed by atoms with E-state index in [1.807, 2.05) is 19.3 Å². The second-order valence-electron chi connectivity index (χ2n) is 4.17. The van der Waals surface area contributed by atoms with Gasteiger partial charge in [-0.25, -0.2) is 0 Å². The summed E-state index contributed by atoms with van der Waals surface area (Å²) in [5.74, 6) is 0.749. The van der Waals surface area contributed by atoms with Crippen molar-refractivity contribution in [1.29, 1.82) is 0 Å². The summed E-state index contributed by atoms with van der Waals surface area (Å²) in [5, 5.41) is 11.0. The number of aromatic nitrogens is 2. The summed E-state index contributed by atoms with van der Waals surface area (Å²) in [5.41, 5.74) is 2.46. The molecule has 18 heavy (non-hydrogen) atoms. The average molecular weight is 260 g/mol. The fourth-order valence-corrected chi connectivity index (χ4v) is 1.71. The Morgan fingerprint density at radius 1 is 1.28 bits per heavy atom. The van der Waals surface area contributed by atoms with Crippen LogP contribution in [0.2, 0.25) is 0 Å². The quantitative estimate of drug-likeness (QED) is 0.830. The Balaban J connectivity index is 1.83. The molecular formula is C13H16N4S. The molecule has 0 radical (unpaired) electrons. The average Bonchev–Trinajstić information content (AvgIpc) is 2.74. The lowest BCUT2D eigenvalue weighted by molar-refractivity contribution is 0.771. The summed E-state index contributed by atoms with van der Waals surface area (Å²) >= 11 is 5.20. The van der Waals surface area contributed by atoms with Gasteiger partial charge in [0.05, 0.1) is 0 Å². The molecule has 0 aliphatic heterocycles. The Morgan fingerprint density at radius 3 is 2.61 bits per heavy atom. The lowest BCUT2D eigenvalue weighted by atomic mass is 10.1. The van der Waals surface area contributed by atoms with E-state index in [4.69, 9.17) is 12.2 Å². The van der Waals surface area contributed by atoms with Crippen molar-refractivity contribution in [3.63, 3.8) is 0 Å². The van der Waals surface area contributed by atoms with Crippen molar-refractivity contribution in [1.82, 2.24) is 15.1 Å². The molecule has 1 aromatic heterocycles. The van der Waals surface area contributed by atoms with Crippen LogP contribution in [0.25, 0.3) is 0 Å². The van der Waals surface area contributed by atoms with Gasteiger partial charge in [-0.1, -0.05) is 29.8 Å². The molecule has 94 valence electrons. The molecule has 0 saturated carbocycles. The Bertz CT molecular complexity index is 530. The van der Waals surface area contributed by atoms with Crippen LogP contribution in [0, 0.1) is 6.92 Å². The number of hydrogen-bond donors (Lipinski definition) is 2. The number of nitrogens with zero attached hydrogens (tertiary/aromatic N) is 2. The van der Waals surface area contributed by atoms with E-state index in [-0.39, 0.29) is 0 Å². The molecule has 5 heteroatoms. The highest BCUT2D eigenvalue weighted by atomic mass is 32.1. The van der Waals surface area contributed by atoms with Crippen molar-refractivity contribution in [2.24, 2.45) is 7.05 Å². The summed E-state index contributed by atoms with van der Waals surface area (Å²) in [6.45, 7) is 2.78.